The van der Waals surface area contributed by atoms with Gasteiger partial charge in [0.25, 0.3) is 0 Å². The fourth-order valence-electron chi connectivity index (χ4n) is 2.44. The van der Waals surface area contributed by atoms with Gasteiger partial charge in [-0.05, 0) is 33.5 Å². The van der Waals surface area contributed by atoms with Crippen molar-refractivity contribution in [1.29, 1.82) is 0 Å². The number of halogens is 3. The second-order valence-electron chi connectivity index (χ2n) is 6.63. The predicted octanol–water partition coefficient (Wildman–Crippen LogP) is 3.80. The Hall–Kier alpha value is -1.86. The lowest BCUT2D eigenvalue weighted by atomic mass is 10.1. The summed E-state index contributed by atoms with van der Waals surface area (Å²) in [5.41, 5.74) is 0.910. The Balaban J connectivity index is 2.15. The highest BCUT2D eigenvalue weighted by Gasteiger charge is 2.35. The third-order valence-electron chi connectivity index (χ3n) is 3.86. The van der Waals surface area contributed by atoms with Gasteiger partial charge in [-0.3, -0.25) is 0 Å². The lowest BCUT2D eigenvalue weighted by Crippen LogP contribution is -2.26. The maximum absolute atomic E-state index is 13.0. The molecule has 0 radical (unpaired) electrons. The Bertz CT molecular complexity index is 673. The van der Waals surface area contributed by atoms with Crippen LogP contribution in [0.3, 0.4) is 0 Å². The molecule has 0 aliphatic rings. The van der Waals surface area contributed by atoms with Gasteiger partial charge >= 0.3 is 6.18 Å². The summed E-state index contributed by atoms with van der Waals surface area (Å²) >= 11 is 0. The Labute approximate surface area is 146 Å². The molecule has 0 bridgehead atoms. The van der Waals surface area contributed by atoms with E-state index in [4.69, 9.17) is 0 Å². The molecule has 2 aromatic rings. The predicted molar refractivity (Wildman–Crippen MR) is 93.3 cm³/mol. The summed E-state index contributed by atoms with van der Waals surface area (Å²) in [4.78, 5) is 5.91. The monoisotopic (exact) mass is 354 g/mol. The van der Waals surface area contributed by atoms with Gasteiger partial charge in [-0.15, -0.1) is 0 Å². The van der Waals surface area contributed by atoms with Gasteiger partial charge in [-0.25, -0.2) is 4.98 Å². The summed E-state index contributed by atoms with van der Waals surface area (Å²) in [6.07, 6.45) is -3.36. The number of alkyl halides is 3. The molecular weight excluding hydrogens is 329 g/mol. The third kappa shape index (κ3) is 5.31. The van der Waals surface area contributed by atoms with Crippen LogP contribution in [-0.4, -0.2) is 41.6 Å². The molecule has 1 heterocycles. The maximum Gasteiger partial charge on any atom is 0.434 e. The summed E-state index contributed by atoms with van der Waals surface area (Å²) in [5, 5.41) is 3.33. The number of aromatic nitrogens is 2. The molecule has 7 heteroatoms. The van der Waals surface area contributed by atoms with E-state index in [1.165, 1.54) is 0 Å². The Morgan fingerprint density at radius 1 is 1.16 bits per heavy atom. The van der Waals surface area contributed by atoms with E-state index in [2.05, 4.69) is 15.2 Å². The fourth-order valence-corrected chi connectivity index (χ4v) is 2.44. The minimum atomic E-state index is -4.44. The van der Waals surface area contributed by atoms with Gasteiger partial charge in [0.15, 0.2) is 5.69 Å². The van der Waals surface area contributed by atoms with Gasteiger partial charge in [-0.2, -0.15) is 13.2 Å². The van der Waals surface area contributed by atoms with Crippen LogP contribution in [0, 0.1) is 0 Å². The molecule has 0 aliphatic carbocycles. The summed E-state index contributed by atoms with van der Waals surface area (Å²) < 4.78 is 40.5. The number of hydrogen-bond donors (Lipinski definition) is 1. The van der Waals surface area contributed by atoms with Crippen molar-refractivity contribution in [3.05, 3.63) is 41.7 Å². The normalized spacial score (nSPS) is 12.4. The molecule has 0 saturated heterocycles. The summed E-state index contributed by atoms with van der Waals surface area (Å²) in [5.74, 6) is 0.342. The second-order valence-corrected chi connectivity index (χ2v) is 6.63. The maximum atomic E-state index is 13.0. The molecule has 0 fully saturated rings. The molecule has 1 aromatic heterocycles. The van der Waals surface area contributed by atoms with Crippen molar-refractivity contribution in [3.63, 3.8) is 0 Å². The van der Waals surface area contributed by atoms with Crippen molar-refractivity contribution in [1.82, 2.24) is 19.8 Å². The zero-order valence-corrected chi connectivity index (χ0v) is 15.1. The van der Waals surface area contributed by atoms with Crippen molar-refractivity contribution >= 4 is 0 Å². The number of likely N-dealkylation sites (N-methyl/N-ethyl adjacent to an activating group) is 1. The van der Waals surface area contributed by atoms with Crippen LogP contribution in [0.1, 0.15) is 31.1 Å². The highest BCUT2D eigenvalue weighted by molar-refractivity contribution is 5.57. The molecule has 1 aromatic carbocycles. The van der Waals surface area contributed by atoms with Crippen LogP contribution in [0.25, 0.3) is 11.4 Å². The van der Waals surface area contributed by atoms with Gasteiger partial charge in [-0.1, -0.05) is 24.3 Å². The van der Waals surface area contributed by atoms with Crippen LogP contribution in [-0.2, 0) is 12.7 Å². The first-order valence-corrected chi connectivity index (χ1v) is 8.29. The smallest absolute Gasteiger partial charge is 0.328 e. The molecule has 138 valence electrons. The Kier molecular flexibility index (Phi) is 6.24. The Morgan fingerprint density at radius 3 is 2.32 bits per heavy atom. The van der Waals surface area contributed by atoms with Crippen molar-refractivity contribution in [2.45, 2.75) is 32.6 Å². The van der Waals surface area contributed by atoms with Crippen LogP contribution >= 0.6 is 0 Å². The molecule has 0 atom stereocenters. The standard InChI is InChI=1S/C18H25F3N4/c1-13(2)25-12-16(18(19,20)21)23-17(25)15-7-5-14(6-8-15)11-22-9-10-24(3)4/h5-8,12-13,22H,9-11H2,1-4H3. The fraction of sp³-hybridized carbons (Fsp3) is 0.500. The molecular formula is C18H25F3N4. The van der Waals surface area contributed by atoms with Crippen molar-refractivity contribution in [2.24, 2.45) is 0 Å². The summed E-state index contributed by atoms with van der Waals surface area (Å²) in [6.45, 7) is 6.23. The molecule has 25 heavy (non-hydrogen) atoms. The number of hydrogen-bond acceptors (Lipinski definition) is 3. The SMILES string of the molecule is CC(C)n1cc(C(F)(F)F)nc1-c1ccc(CNCCN(C)C)cc1. The van der Waals surface area contributed by atoms with E-state index in [1.54, 1.807) is 4.57 Å². The van der Waals surface area contributed by atoms with E-state index in [1.807, 2.05) is 52.2 Å². The molecule has 2 rings (SSSR count). The number of rotatable bonds is 7. The van der Waals surface area contributed by atoms with Crippen LogP contribution in [0.4, 0.5) is 13.2 Å². The minimum absolute atomic E-state index is 0.106. The average molecular weight is 354 g/mol. The first-order chi connectivity index (χ1) is 11.7. The van der Waals surface area contributed by atoms with Crippen LogP contribution in [0.5, 0.6) is 0 Å². The van der Waals surface area contributed by atoms with E-state index in [0.717, 1.165) is 31.4 Å². The zero-order chi connectivity index (χ0) is 18.6. The van der Waals surface area contributed by atoms with Crippen LogP contribution in [0.2, 0.25) is 0 Å². The van der Waals surface area contributed by atoms with Gasteiger partial charge in [0.05, 0.1) is 0 Å². The molecule has 0 aliphatic heterocycles. The summed E-state index contributed by atoms with van der Waals surface area (Å²) in [6, 6.07) is 7.38. The Morgan fingerprint density at radius 2 is 1.80 bits per heavy atom. The van der Waals surface area contributed by atoms with Gasteiger partial charge in [0.1, 0.15) is 5.82 Å². The lowest BCUT2D eigenvalue weighted by molar-refractivity contribution is -0.140. The number of nitrogens with zero attached hydrogens (tertiary/aromatic N) is 3. The zero-order valence-electron chi connectivity index (χ0n) is 15.1. The van der Waals surface area contributed by atoms with Gasteiger partial charge < -0.3 is 14.8 Å². The minimum Gasteiger partial charge on any atom is -0.328 e. The first-order valence-electron chi connectivity index (χ1n) is 8.29. The van der Waals surface area contributed by atoms with Crippen molar-refractivity contribution in [3.8, 4) is 11.4 Å². The molecule has 0 spiro atoms. The highest BCUT2D eigenvalue weighted by Crippen LogP contribution is 2.32. The number of imidazole rings is 1. The van der Waals surface area contributed by atoms with Gasteiger partial charge in [0.2, 0.25) is 0 Å². The van der Waals surface area contributed by atoms with Crippen molar-refractivity contribution < 1.29 is 13.2 Å². The molecule has 4 nitrogen and oxygen atoms in total. The third-order valence-corrected chi connectivity index (χ3v) is 3.86. The topological polar surface area (TPSA) is 33.1 Å². The van der Waals surface area contributed by atoms with E-state index >= 15 is 0 Å². The van der Waals surface area contributed by atoms with Crippen LogP contribution in [0.15, 0.2) is 30.5 Å². The molecule has 0 saturated carbocycles. The summed E-state index contributed by atoms with van der Waals surface area (Å²) in [7, 11) is 4.03. The quantitative estimate of drug-likeness (QED) is 0.768. The lowest BCUT2D eigenvalue weighted by Gasteiger charge is -2.12. The van der Waals surface area contributed by atoms with E-state index in [-0.39, 0.29) is 6.04 Å². The largest absolute Gasteiger partial charge is 0.434 e. The molecule has 1 N–H and O–H groups in total. The first kappa shape index (κ1) is 19.5. The van der Waals surface area contributed by atoms with E-state index in [9.17, 15) is 13.2 Å². The van der Waals surface area contributed by atoms with E-state index < -0.39 is 11.9 Å². The van der Waals surface area contributed by atoms with Crippen LogP contribution < -0.4 is 5.32 Å². The number of nitrogens with one attached hydrogen (secondary N) is 1. The molecule has 0 unspecified atom stereocenters. The second kappa shape index (κ2) is 8.01. The average Bonchev–Trinajstić information content (AvgIpc) is 2.98. The van der Waals surface area contributed by atoms with Crippen molar-refractivity contribution in [2.75, 3.05) is 27.2 Å². The highest BCUT2D eigenvalue weighted by atomic mass is 19.4. The molecule has 0 amide bonds. The number of benzene rings is 1. The van der Waals surface area contributed by atoms with E-state index in [0.29, 0.717) is 11.4 Å². The van der Waals surface area contributed by atoms with Gasteiger partial charge in [0, 0.05) is 37.4 Å².